The number of hydrogen-bond donors (Lipinski definition) is 1. The monoisotopic (exact) mass is 190 g/mol. The van der Waals surface area contributed by atoms with Crippen LogP contribution in [-0.4, -0.2) is 20.6 Å². The number of aromatic nitrogens is 4. The number of H-pyrrole nitrogens is 1. The highest BCUT2D eigenvalue weighted by atomic mass is 15.5. The number of hydrogen-bond acceptors (Lipinski definition) is 3. The lowest BCUT2D eigenvalue weighted by Crippen LogP contribution is -1.89. The molecule has 0 unspecified atom stereocenters. The van der Waals surface area contributed by atoms with E-state index in [2.05, 4.69) is 20.6 Å². The minimum atomic E-state index is 0.723. The first-order valence-electron chi connectivity index (χ1n) is 4.71. The van der Waals surface area contributed by atoms with Crippen molar-refractivity contribution in [3.05, 3.63) is 41.7 Å². The molecule has 4 heteroatoms. The van der Waals surface area contributed by atoms with Gasteiger partial charge in [-0.2, -0.15) is 5.21 Å². The molecule has 1 aromatic heterocycles. The molecule has 0 saturated heterocycles. The largest absolute Gasteiger partial charge is 0.178 e. The summed E-state index contributed by atoms with van der Waals surface area (Å²) in [5.74, 6) is 0.723. The number of nitrogens with zero attached hydrogens (tertiary/aromatic N) is 3. The quantitative estimate of drug-likeness (QED) is 0.785. The Morgan fingerprint density at radius 2 is 1.86 bits per heavy atom. The molecule has 0 radical (unpaired) electrons. The molecule has 0 saturated carbocycles. The Balaban J connectivity index is 0.000000461. The summed E-state index contributed by atoms with van der Waals surface area (Å²) < 4.78 is 0. The summed E-state index contributed by atoms with van der Waals surface area (Å²) >= 11 is 0. The van der Waals surface area contributed by atoms with Gasteiger partial charge in [0.1, 0.15) is 0 Å². The van der Waals surface area contributed by atoms with Crippen molar-refractivity contribution in [2.24, 2.45) is 0 Å². The van der Waals surface area contributed by atoms with Gasteiger partial charge in [-0.3, -0.25) is 0 Å². The standard InChI is InChI=1S/C8H8N4.C2H6/c1-2-4-7(5-3-1)6-8-9-11-12-10-8;1-2/h1-5H,6H2,(H,9,10,11,12);1-2H3. The molecule has 1 N–H and O–H groups in total. The number of benzene rings is 1. The van der Waals surface area contributed by atoms with E-state index >= 15 is 0 Å². The van der Waals surface area contributed by atoms with Crippen LogP contribution in [-0.2, 0) is 6.42 Å². The molecule has 1 heterocycles. The van der Waals surface area contributed by atoms with Gasteiger partial charge in [0.25, 0.3) is 0 Å². The second-order valence-corrected chi connectivity index (χ2v) is 2.49. The molecule has 4 nitrogen and oxygen atoms in total. The van der Waals surface area contributed by atoms with Gasteiger partial charge in [0.2, 0.25) is 0 Å². The maximum atomic E-state index is 3.86. The van der Waals surface area contributed by atoms with E-state index in [4.69, 9.17) is 0 Å². The third-order valence-corrected chi connectivity index (χ3v) is 1.59. The summed E-state index contributed by atoms with van der Waals surface area (Å²) in [5.41, 5.74) is 1.19. The topological polar surface area (TPSA) is 54.5 Å². The predicted molar refractivity (Wildman–Crippen MR) is 54.8 cm³/mol. The number of nitrogens with one attached hydrogen (secondary N) is 1. The first kappa shape index (κ1) is 10.4. The molecule has 0 aliphatic heterocycles. The highest BCUT2D eigenvalue weighted by Gasteiger charge is 1.98. The molecular weight excluding hydrogens is 176 g/mol. The van der Waals surface area contributed by atoms with E-state index in [0.717, 1.165) is 12.2 Å². The minimum absolute atomic E-state index is 0.723. The van der Waals surface area contributed by atoms with E-state index < -0.39 is 0 Å². The van der Waals surface area contributed by atoms with Gasteiger partial charge in [0, 0.05) is 6.42 Å². The Kier molecular flexibility index (Phi) is 4.34. The van der Waals surface area contributed by atoms with Crippen LogP contribution in [0, 0.1) is 0 Å². The van der Waals surface area contributed by atoms with Crippen LogP contribution in [0.3, 0.4) is 0 Å². The van der Waals surface area contributed by atoms with E-state index in [9.17, 15) is 0 Å². The van der Waals surface area contributed by atoms with Crippen molar-refractivity contribution in [3.63, 3.8) is 0 Å². The summed E-state index contributed by atoms with van der Waals surface area (Å²) in [6, 6.07) is 10.1. The van der Waals surface area contributed by atoms with Crippen LogP contribution in [0.25, 0.3) is 0 Å². The molecule has 0 atom stereocenters. The van der Waals surface area contributed by atoms with Gasteiger partial charge in [-0.1, -0.05) is 49.4 Å². The summed E-state index contributed by atoms with van der Waals surface area (Å²) in [7, 11) is 0. The summed E-state index contributed by atoms with van der Waals surface area (Å²) in [4.78, 5) is 0. The number of rotatable bonds is 2. The van der Waals surface area contributed by atoms with Crippen LogP contribution in [0.15, 0.2) is 30.3 Å². The van der Waals surface area contributed by atoms with Gasteiger partial charge in [0.05, 0.1) is 0 Å². The predicted octanol–water partition coefficient (Wildman–Crippen LogP) is 1.82. The lowest BCUT2D eigenvalue weighted by atomic mass is 10.1. The molecule has 0 amide bonds. The Hall–Kier alpha value is -1.71. The van der Waals surface area contributed by atoms with Gasteiger partial charge in [-0.05, 0) is 5.56 Å². The summed E-state index contributed by atoms with van der Waals surface area (Å²) in [6.45, 7) is 4.00. The molecule has 0 spiro atoms. The van der Waals surface area contributed by atoms with Crippen molar-refractivity contribution in [2.45, 2.75) is 20.3 Å². The third-order valence-electron chi connectivity index (χ3n) is 1.59. The van der Waals surface area contributed by atoms with Gasteiger partial charge in [0.15, 0.2) is 5.82 Å². The molecule has 0 aliphatic rings. The van der Waals surface area contributed by atoms with E-state index in [0.29, 0.717) is 0 Å². The average molecular weight is 190 g/mol. The molecular formula is C10H14N4. The van der Waals surface area contributed by atoms with Crippen LogP contribution in [0.5, 0.6) is 0 Å². The molecule has 14 heavy (non-hydrogen) atoms. The Labute approximate surface area is 83.4 Å². The summed E-state index contributed by atoms with van der Waals surface area (Å²) in [5, 5.41) is 13.6. The van der Waals surface area contributed by atoms with Gasteiger partial charge >= 0.3 is 0 Å². The van der Waals surface area contributed by atoms with Crippen molar-refractivity contribution in [1.29, 1.82) is 0 Å². The van der Waals surface area contributed by atoms with Crippen molar-refractivity contribution in [1.82, 2.24) is 20.6 Å². The van der Waals surface area contributed by atoms with Gasteiger partial charge in [-0.25, -0.2) is 0 Å². The average Bonchev–Trinajstić information content (AvgIpc) is 2.75. The fraction of sp³-hybridized carbons (Fsp3) is 0.300. The number of aromatic amines is 1. The molecule has 74 valence electrons. The third kappa shape index (κ3) is 2.97. The van der Waals surface area contributed by atoms with E-state index in [-0.39, 0.29) is 0 Å². The minimum Gasteiger partial charge on any atom is -0.177 e. The van der Waals surface area contributed by atoms with E-state index in [1.165, 1.54) is 5.56 Å². The molecule has 2 aromatic rings. The van der Waals surface area contributed by atoms with E-state index in [1.54, 1.807) is 0 Å². The SMILES string of the molecule is CC.c1ccc(Cc2nn[nH]n2)cc1. The smallest absolute Gasteiger partial charge is 0.177 e. The fourth-order valence-corrected chi connectivity index (χ4v) is 1.04. The summed E-state index contributed by atoms with van der Waals surface area (Å²) in [6.07, 6.45) is 0.733. The Morgan fingerprint density at radius 1 is 1.14 bits per heavy atom. The normalized spacial score (nSPS) is 9.00. The zero-order valence-electron chi connectivity index (χ0n) is 8.44. The van der Waals surface area contributed by atoms with Crippen molar-refractivity contribution in [3.8, 4) is 0 Å². The molecule has 2 rings (SSSR count). The van der Waals surface area contributed by atoms with Crippen LogP contribution in [0.1, 0.15) is 25.2 Å². The van der Waals surface area contributed by atoms with Crippen LogP contribution >= 0.6 is 0 Å². The Bertz CT molecular complexity index is 328. The van der Waals surface area contributed by atoms with Crippen molar-refractivity contribution >= 4 is 0 Å². The zero-order valence-corrected chi connectivity index (χ0v) is 8.44. The Morgan fingerprint density at radius 3 is 2.43 bits per heavy atom. The van der Waals surface area contributed by atoms with Crippen molar-refractivity contribution < 1.29 is 0 Å². The molecule has 0 bridgehead atoms. The molecule has 0 aliphatic carbocycles. The first-order valence-corrected chi connectivity index (χ1v) is 4.71. The second kappa shape index (κ2) is 5.85. The lowest BCUT2D eigenvalue weighted by molar-refractivity contribution is 0.881. The highest BCUT2D eigenvalue weighted by Crippen LogP contribution is 2.02. The van der Waals surface area contributed by atoms with E-state index in [1.807, 2.05) is 44.2 Å². The maximum absolute atomic E-state index is 3.86. The molecule has 1 aromatic carbocycles. The van der Waals surface area contributed by atoms with Crippen molar-refractivity contribution in [2.75, 3.05) is 0 Å². The van der Waals surface area contributed by atoms with Crippen LogP contribution in [0.4, 0.5) is 0 Å². The maximum Gasteiger partial charge on any atom is 0.178 e. The zero-order chi connectivity index (χ0) is 10.2. The van der Waals surface area contributed by atoms with Crippen LogP contribution < -0.4 is 0 Å². The van der Waals surface area contributed by atoms with Gasteiger partial charge < -0.3 is 0 Å². The van der Waals surface area contributed by atoms with Crippen LogP contribution in [0.2, 0.25) is 0 Å². The number of tetrazole rings is 1. The highest BCUT2D eigenvalue weighted by molar-refractivity contribution is 5.17. The lowest BCUT2D eigenvalue weighted by Gasteiger charge is -1.93. The first-order chi connectivity index (χ1) is 6.95. The van der Waals surface area contributed by atoms with Gasteiger partial charge in [-0.15, -0.1) is 10.2 Å². The fourth-order valence-electron chi connectivity index (χ4n) is 1.04. The molecule has 0 fully saturated rings. The second-order valence-electron chi connectivity index (χ2n) is 2.49.